The zero-order chi connectivity index (χ0) is 13.0. The molecule has 18 heavy (non-hydrogen) atoms. The Balaban J connectivity index is 2.04. The van der Waals surface area contributed by atoms with E-state index >= 15 is 0 Å². The van der Waals surface area contributed by atoms with Gasteiger partial charge in [-0.3, -0.25) is 5.41 Å². The number of nitrogens with two attached hydrogens (primary N) is 1. The van der Waals surface area contributed by atoms with Crippen molar-refractivity contribution >= 4 is 11.7 Å². The fraction of sp³-hybridized carbons (Fsp3) is 0.182. The van der Waals surface area contributed by atoms with Crippen molar-refractivity contribution in [2.75, 3.05) is 12.8 Å². The lowest BCUT2D eigenvalue weighted by atomic mass is 10.2. The highest BCUT2D eigenvalue weighted by atomic mass is 16.6. The van der Waals surface area contributed by atoms with Crippen LogP contribution in [0.2, 0.25) is 0 Å². The van der Waals surface area contributed by atoms with Crippen molar-refractivity contribution in [3.63, 3.8) is 0 Å². The Hall–Kier alpha value is -2.57. The van der Waals surface area contributed by atoms with Crippen molar-refractivity contribution in [1.29, 1.82) is 5.41 Å². The van der Waals surface area contributed by atoms with Gasteiger partial charge >= 0.3 is 0 Å². The number of nitrogen functional groups attached to an aromatic ring is 1. The molecule has 1 aromatic carbocycles. The van der Waals surface area contributed by atoms with Gasteiger partial charge in [0.2, 0.25) is 0 Å². The molecule has 0 aliphatic rings. The third-order valence-electron chi connectivity index (χ3n) is 2.40. The van der Waals surface area contributed by atoms with Gasteiger partial charge in [0.1, 0.15) is 5.75 Å². The van der Waals surface area contributed by atoms with Crippen molar-refractivity contribution < 1.29 is 9.37 Å². The van der Waals surface area contributed by atoms with Crippen LogP contribution in [0, 0.1) is 5.41 Å². The number of para-hydroxylation sites is 1. The van der Waals surface area contributed by atoms with E-state index in [0.717, 1.165) is 11.3 Å². The molecular formula is C11H13N5O2. The molecule has 7 nitrogen and oxygen atoms in total. The molecule has 94 valence electrons. The summed E-state index contributed by atoms with van der Waals surface area (Å²) in [6.45, 7) is 0.426. The maximum atomic E-state index is 7.77. The third-order valence-corrected chi connectivity index (χ3v) is 2.40. The fourth-order valence-corrected chi connectivity index (χ4v) is 1.49. The van der Waals surface area contributed by atoms with Crippen LogP contribution in [0.3, 0.4) is 0 Å². The van der Waals surface area contributed by atoms with Gasteiger partial charge in [-0.25, -0.2) is 4.63 Å². The number of anilines is 1. The molecule has 2 rings (SSSR count). The molecule has 0 unspecified atom stereocenters. The van der Waals surface area contributed by atoms with Crippen LogP contribution >= 0.6 is 0 Å². The van der Waals surface area contributed by atoms with Crippen molar-refractivity contribution in [1.82, 2.24) is 15.6 Å². The second kappa shape index (κ2) is 5.17. The largest absolute Gasteiger partial charge is 0.496 e. The van der Waals surface area contributed by atoms with Crippen LogP contribution in [0.1, 0.15) is 11.3 Å². The molecule has 0 saturated carbocycles. The van der Waals surface area contributed by atoms with Crippen molar-refractivity contribution in [3.05, 3.63) is 35.5 Å². The van der Waals surface area contributed by atoms with Gasteiger partial charge in [-0.1, -0.05) is 18.2 Å². The average Bonchev–Trinajstić information content (AvgIpc) is 2.82. The van der Waals surface area contributed by atoms with E-state index in [4.69, 9.17) is 15.9 Å². The predicted octanol–water partition coefficient (Wildman–Crippen LogP) is 0.776. The summed E-state index contributed by atoms with van der Waals surface area (Å²) in [5, 5.41) is 17.6. The quantitative estimate of drug-likeness (QED) is 0.544. The Morgan fingerprint density at radius 2 is 2.22 bits per heavy atom. The summed E-state index contributed by atoms with van der Waals surface area (Å²) < 4.78 is 9.64. The lowest BCUT2D eigenvalue weighted by Crippen LogP contribution is -2.24. The summed E-state index contributed by atoms with van der Waals surface area (Å²) in [6, 6.07) is 7.54. The monoisotopic (exact) mass is 247 g/mol. The highest BCUT2D eigenvalue weighted by molar-refractivity contribution is 5.97. The van der Waals surface area contributed by atoms with E-state index in [0.29, 0.717) is 6.54 Å². The lowest BCUT2D eigenvalue weighted by Gasteiger charge is -2.09. The Bertz CT molecular complexity index is 552. The van der Waals surface area contributed by atoms with Gasteiger partial charge in [-0.15, -0.1) is 0 Å². The minimum atomic E-state index is 0.0552. The van der Waals surface area contributed by atoms with Crippen LogP contribution in [-0.2, 0) is 6.54 Å². The molecule has 0 radical (unpaired) electrons. The molecule has 7 heteroatoms. The third kappa shape index (κ3) is 2.40. The van der Waals surface area contributed by atoms with Gasteiger partial charge < -0.3 is 15.8 Å². The normalized spacial score (nSPS) is 10.1. The Labute approximate surface area is 103 Å². The van der Waals surface area contributed by atoms with Crippen LogP contribution in [0.25, 0.3) is 0 Å². The summed E-state index contributed by atoms with van der Waals surface area (Å²) in [4.78, 5) is 0. The van der Waals surface area contributed by atoms with Crippen LogP contribution < -0.4 is 15.8 Å². The van der Waals surface area contributed by atoms with E-state index in [1.165, 1.54) is 0 Å². The number of nitrogens with zero attached hydrogens (tertiary/aromatic N) is 2. The molecule has 2 aromatic rings. The van der Waals surface area contributed by atoms with E-state index in [9.17, 15) is 0 Å². The number of aromatic nitrogens is 2. The first kappa shape index (κ1) is 11.9. The summed E-state index contributed by atoms with van der Waals surface area (Å²) in [5.41, 5.74) is 6.62. The summed E-state index contributed by atoms with van der Waals surface area (Å²) in [5.74, 6) is 0.899. The standard InChI is InChI=1S/C11H13N5O2/c1-17-8-5-3-2-4-7(8)6-14-10(12)9-11(13)16-18-15-9/h2-5H,6H2,1H3,(H2,12,14)(H2,13,16). The molecule has 1 heterocycles. The smallest absolute Gasteiger partial charge is 0.199 e. The number of ether oxygens (including phenoxy) is 1. The van der Waals surface area contributed by atoms with Gasteiger partial charge in [-0.2, -0.15) is 0 Å². The highest BCUT2D eigenvalue weighted by Gasteiger charge is 2.12. The van der Waals surface area contributed by atoms with E-state index in [1.54, 1.807) is 7.11 Å². The summed E-state index contributed by atoms with van der Waals surface area (Å²) in [7, 11) is 1.60. The number of rotatable bonds is 4. The second-order valence-corrected chi connectivity index (χ2v) is 3.54. The fourth-order valence-electron chi connectivity index (χ4n) is 1.49. The first-order valence-corrected chi connectivity index (χ1v) is 5.25. The Kier molecular flexibility index (Phi) is 3.42. The molecule has 0 saturated heterocycles. The van der Waals surface area contributed by atoms with Gasteiger partial charge in [0.25, 0.3) is 0 Å². The number of amidine groups is 1. The van der Waals surface area contributed by atoms with Gasteiger partial charge in [-0.05, 0) is 16.4 Å². The second-order valence-electron chi connectivity index (χ2n) is 3.54. The molecule has 0 spiro atoms. The van der Waals surface area contributed by atoms with Crippen molar-refractivity contribution in [2.45, 2.75) is 6.54 Å². The van der Waals surface area contributed by atoms with Gasteiger partial charge in [0.05, 0.1) is 7.11 Å². The molecule has 0 amide bonds. The number of hydrogen-bond acceptors (Lipinski definition) is 6. The zero-order valence-electron chi connectivity index (χ0n) is 9.80. The Morgan fingerprint density at radius 3 is 2.89 bits per heavy atom. The molecule has 0 bridgehead atoms. The molecule has 1 aromatic heterocycles. The van der Waals surface area contributed by atoms with E-state index in [1.807, 2.05) is 24.3 Å². The van der Waals surface area contributed by atoms with Crippen LogP contribution in [-0.4, -0.2) is 23.3 Å². The molecule has 0 aliphatic heterocycles. The minimum Gasteiger partial charge on any atom is -0.496 e. The summed E-state index contributed by atoms with van der Waals surface area (Å²) in [6.07, 6.45) is 0. The number of hydrogen-bond donors (Lipinski definition) is 3. The number of methoxy groups -OCH3 is 1. The molecule has 4 N–H and O–H groups in total. The average molecular weight is 247 g/mol. The van der Waals surface area contributed by atoms with E-state index in [2.05, 4.69) is 20.3 Å². The molecule has 0 fully saturated rings. The minimum absolute atomic E-state index is 0.0552. The first-order chi connectivity index (χ1) is 8.72. The SMILES string of the molecule is COc1ccccc1CNC(=N)c1nonc1N. The number of benzene rings is 1. The van der Waals surface area contributed by atoms with Crippen molar-refractivity contribution in [2.24, 2.45) is 0 Å². The molecular weight excluding hydrogens is 234 g/mol. The highest BCUT2D eigenvalue weighted by Crippen LogP contribution is 2.16. The van der Waals surface area contributed by atoms with Crippen LogP contribution in [0.5, 0.6) is 5.75 Å². The van der Waals surface area contributed by atoms with Gasteiger partial charge in [0, 0.05) is 12.1 Å². The Morgan fingerprint density at radius 1 is 1.44 bits per heavy atom. The molecule has 0 atom stereocenters. The van der Waals surface area contributed by atoms with E-state index < -0.39 is 0 Å². The molecule has 0 aliphatic carbocycles. The van der Waals surface area contributed by atoms with Gasteiger partial charge in [0.15, 0.2) is 17.3 Å². The predicted molar refractivity (Wildman–Crippen MR) is 65.4 cm³/mol. The maximum Gasteiger partial charge on any atom is 0.199 e. The first-order valence-electron chi connectivity index (χ1n) is 5.25. The zero-order valence-corrected chi connectivity index (χ0v) is 9.80. The topological polar surface area (TPSA) is 110 Å². The van der Waals surface area contributed by atoms with Crippen LogP contribution in [0.15, 0.2) is 28.9 Å². The van der Waals surface area contributed by atoms with Crippen LogP contribution in [0.4, 0.5) is 5.82 Å². The number of nitrogens with one attached hydrogen (secondary N) is 2. The maximum absolute atomic E-state index is 7.77. The lowest BCUT2D eigenvalue weighted by molar-refractivity contribution is 0.308. The van der Waals surface area contributed by atoms with E-state index in [-0.39, 0.29) is 17.3 Å². The summed E-state index contributed by atoms with van der Waals surface area (Å²) >= 11 is 0. The van der Waals surface area contributed by atoms with Crippen molar-refractivity contribution in [3.8, 4) is 5.75 Å².